The summed E-state index contributed by atoms with van der Waals surface area (Å²) in [5, 5.41) is 0. The highest BCUT2D eigenvalue weighted by Crippen LogP contribution is 2.23. The fraction of sp³-hybridized carbons (Fsp3) is 0.250. The Morgan fingerprint density at radius 1 is 1.42 bits per heavy atom. The zero-order chi connectivity index (χ0) is 13.2. The Bertz CT molecular complexity index is 693. The molecule has 3 rings (SSSR count). The van der Waals surface area contributed by atoms with Crippen LogP contribution in [0.3, 0.4) is 0 Å². The molecule has 6 nitrogen and oxygen atoms in total. The molecule has 0 aromatic carbocycles. The van der Waals surface area contributed by atoms with Crippen molar-refractivity contribution in [2.24, 2.45) is 0 Å². The smallest absolute Gasteiger partial charge is 0.245 e. The molecule has 0 aliphatic rings. The van der Waals surface area contributed by atoms with Crippen molar-refractivity contribution in [2.75, 3.05) is 7.11 Å². The minimum absolute atomic E-state index is 0.278. The maximum absolute atomic E-state index is 5.94. The van der Waals surface area contributed by atoms with Gasteiger partial charge in [-0.05, 0) is 12.1 Å². The van der Waals surface area contributed by atoms with E-state index in [0.29, 0.717) is 29.4 Å². The van der Waals surface area contributed by atoms with Gasteiger partial charge in [0, 0.05) is 0 Å². The predicted molar refractivity (Wildman–Crippen MR) is 69.2 cm³/mol. The van der Waals surface area contributed by atoms with Gasteiger partial charge >= 0.3 is 0 Å². The highest BCUT2D eigenvalue weighted by molar-refractivity contribution is 6.16. The summed E-state index contributed by atoms with van der Waals surface area (Å²) >= 11 is 5.94. The van der Waals surface area contributed by atoms with Crippen LogP contribution in [0.5, 0.6) is 5.88 Å². The van der Waals surface area contributed by atoms with E-state index in [4.69, 9.17) is 20.8 Å². The third-order valence-electron chi connectivity index (χ3n) is 2.78. The zero-order valence-electron chi connectivity index (χ0n) is 10.2. The molecule has 19 heavy (non-hydrogen) atoms. The molecule has 0 saturated heterocycles. The molecule has 0 amide bonds. The Morgan fingerprint density at radius 3 is 3.00 bits per heavy atom. The van der Waals surface area contributed by atoms with Crippen molar-refractivity contribution in [3.8, 4) is 5.88 Å². The average molecular weight is 279 g/mol. The van der Waals surface area contributed by atoms with Crippen LogP contribution in [0.25, 0.3) is 11.2 Å². The second kappa shape index (κ2) is 4.89. The number of rotatable bonds is 4. The molecule has 3 heterocycles. The standard InChI is InChI=1S/C12H11ClN4O2/c1-18-12-10-11(14-7-15-12)17(9(5-13)16-10)6-8-3-2-4-19-8/h2-4,7H,5-6H2,1H3. The molecule has 3 aromatic heterocycles. The number of hydrogen-bond donors (Lipinski definition) is 0. The van der Waals surface area contributed by atoms with Gasteiger partial charge in [0.25, 0.3) is 0 Å². The monoisotopic (exact) mass is 278 g/mol. The number of nitrogens with zero attached hydrogens (tertiary/aromatic N) is 4. The zero-order valence-corrected chi connectivity index (χ0v) is 11.0. The van der Waals surface area contributed by atoms with Crippen LogP contribution in [0.15, 0.2) is 29.1 Å². The lowest BCUT2D eigenvalue weighted by Crippen LogP contribution is -2.04. The largest absolute Gasteiger partial charge is 0.479 e. The Balaban J connectivity index is 2.16. The van der Waals surface area contributed by atoms with Crippen molar-refractivity contribution in [1.82, 2.24) is 19.5 Å². The highest BCUT2D eigenvalue weighted by atomic mass is 35.5. The normalized spacial score (nSPS) is 11.1. The van der Waals surface area contributed by atoms with Crippen molar-refractivity contribution >= 4 is 22.8 Å². The maximum Gasteiger partial charge on any atom is 0.245 e. The molecule has 0 spiro atoms. The van der Waals surface area contributed by atoms with Crippen LogP contribution in [-0.2, 0) is 12.4 Å². The Labute approximate surface area is 114 Å². The summed E-state index contributed by atoms with van der Waals surface area (Å²) < 4.78 is 12.4. The third-order valence-corrected chi connectivity index (χ3v) is 3.02. The second-order valence-corrected chi connectivity index (χ2v) is 4.15. The number of methoxy groups -OCH3 is 1. The molecule has 0 aliphatic heterocycles. The summed E-state index contributed by atoms with van der Waals surface area (Å²) in [6.07, 6.45) is 3.07. The van der Waals surface area contributed by atoms with E-state index in [2.05, 4.69) is 15.0 Å². The fourth-order valence-corrected chi connectivity index (χ4v) is 2.14. The average Bonchev–Trinajstić information content (AvgIpc) is 3.07. The van der Waals surface area contributed by atoms with Gasteiger partial charge in [0.1, 0.15) is 17.9 Å². The van der Waals surface area contributed by atoms with Crippen molar-refractivity contribution in [3.63, 3.8) is 0 Å². The van der Waals surface area contributed by atoms with Gasteiger partial charge in [-0.1, -0.05) is 0 Å². The lowest BCUT2D eigenvalue weighted by molar-refractivity contribution is 0.401. The summed E-state index contributed by atoms with van der Waals surface area (Å²) in [5.41, 5.74) is 1.28. The van der Waals surface area contributed by atoms with Gasteiger partial charge < -0.3 is 13.7 Å². The summed E-state index contributed by atoms with van der Waals surface area (Å²) in [6.45, 7) is 0.520. The number of halogens is 1. The van der Waals surface area contributed by atoms with Gasteiger partial charge in [0.05, 0.1) is 25.8 Å². The molecule has 98 valence electrons. The summed E-state index contributed by atoms with van der Waals surface area (Å²) in [4.78, 5) is 12.7. The summed E-state index contributed by atoms with van der Waals surface area (Å²) in [6, 6.07) is 3.73. The molecule has 0 atom stereocenters. The van der Waals surface area contributed by atoms with Gasteiger partial charge in [0.2, 0.25) is 5.88 Å². The van der Waals surface area contributed by atoms with Crippen LogP contribution in [-0.4, -0.2) is 26.6 Å². The van der Waals surface area contributed by atoms with Gasteiger partial charge in [-0.3, -0.25) is 0 Å². The Hall–Kier alpha value is -2.08. The van der Waals surface area contributed by atoms with Crippen LogP contribution in [0, 0.1) is 0 Å². The number of furan rings is 1. The van der Waals surface area contributed by atoms with Gasteiger partial charge in [0.15, 0.2) is 11.2 Å². The lowest BCUT2D eigenvalue weighted by Gasteiger charge is -2.04. The van der Waals surface area contributed by atoms with E-state index < -0.39 is 0 Å². The number of fused-ring (bicyclic) bond motifs is 1. The van der Waals surface area contributed by atoms with Crippen LogP contribution in [0.1, 0.15) is 11.6 Å². The van der Waals surface area contributed by atoms with Gasteiger partial charge in [-0.25, -0.2) is 9.97 Å². The van der Waals surface area contributed by atoms with Crippen LogP contribution >= 0.6 is 11.6 Å². The van der Waals surface area contributed by atoms with Crippen molar-refractivity contribution in [1.29, 1.82) is 0 Å². The van der Waals surface area contributed by atoms with E-state index in [1.165, 1.54) is 6.33 Å². The number of alkyl halides is 1. The van der Waals surface area contributed by atoms with Crippen molar-refractivity contribution in [3.05, 3.63) is 36.3 Å². The molecule has 0 fully saturated rings. The first-order valence-corrected chi connectivity index (χ1v) is 6.19. The predicted octanol–water partition coefficient (Wildman–Crippen LogP) is 2.21. The Morgan fingerprint density at radius 2 is 2.32 bits per heavy atom. The first-order chi connectivity index (χ1) is 9.33. The van der Waals surface area contributed by atoms with E-state index in [1.807, 2.05) is 16.7 Å². The fourth-order valence-electron chi connectivity index (χ4n) is 1.94. The van der Waals surface area contributed by atoms with E-state index in [1.54, 1.807) is 13.4 Å². The quantitative estimate of drug-likeness (QED) is 0.685. The molecular weight excluding hydrogens is 268 g/mol. The van der Waals surface area contributed by atoms with Crippen molar-refractivity contribution in [2.45, 2.75) is 12.4 Å². The SMILES string of the molecule is COc1ncnc2c1nc(CCl)n2Cc1ccco1. The molecule has 0 N–H and O–H groups in total. The molecule has 0 radical (unpaired) electrons. The van der Waals surface area contributed by atoms with Crippen LogP contribution < -0.4 is 4.74 Å². The molecule has 0 aliphatic carbocycles. The topological polar surface area (TPSA) is 66.0 Å². The van der Waals surface area contributed by atoms with E-state index in [-0.39, 0.29) is 5.88 Å². The maximum atomic E-state index is 5.94. The minimum atomic E-state index is 0.278. The van der Waals surface area contributed by atoms with E-state index >= 15 is 0 Å². The van der Waals surface area contributed by atoms with Gasteiger partial charge in [-0.15, -0.1) is 11.6 Å². The first-order valence-electron chi connectivity index (χ1n) is 5.66. The molecule has 0 unspecified atom stereocenters. The molecule has 0 bridgehead atoms. The van der Waals surface area contributed by atoms with Crippen LogP contribution in [0.4, 0.5) is 0 Å². The summed E-state index contributed by atoms with van der Waals surface area (Å²) in [7, 11) is 1.55. The number of hydrogen-bond acceptors (Lipinski definition) is 5. The lowest BCUT2D eigenvalue weighted by atomic mass is 10.4. The third kappa shape index (κ3) is 2.04. The number of imidazole rings is 1. The number of aromatic nitrogens is 4. The summed E-state index contributed by atoms with van der Waals surface area (Å²) in [5.74, 6) is 2.23. The van der Waals surface area contributed by atoms with Crippen molar-refractivity contribution < 1.29 is 9.15 Å². The molecule has 7 heteroatoms. The van der Waals surface area contributed by atoms with E-state index in [0.717, 1.165) is 5.76 Å². The number of ether oxygens (including phenoxy) is 1. The molecule has 0 saturated carbocycles. The molecule has 3 aromatic rings. The van der Waals surface area contributed by atoms with Gasteiger partial charge in [-0.2, -0.15) is 4.98 Å². The first kappa shape index (κ1) is 12.0. The van der Waals surface area contributed by atoms with Crippen LogP contribution in [0.2, 0.25) is 0 Å². The highest BCUT2D eigenvalue weighted by Gasteiger charge is 2.16. The minimum Gasteiger partial charge on any atom is -0.479 e. The molecular formula is C12H11ClN4O2. The second-order valence-electron chi connectivity index (χ2n) is 3.88. The Kier molecular flexibility index (Phi) is 3.08. The van der Waals surface area contributed by atoms with E-state index in [9.17, 15) is 0 Å².